The number of halogens is 3. The molecule has 10 heteroatoms. The van der Waals surface area contributed by atoms with Crippen LogP contribution in [-0.4, -0.2) is 57.0 Å². The van der Waals surface area contributed by atoms with E-state index in [1.165, 1.54) is 0 Å². The zero-order valence-corrected chi connectivity index (χ0v) is 9.41. The third-order valence-corrected chi connectivity index (χ3v) is 2.81. The van der Waals surface area contributed by atoms with Gasteiger partial charge in [-0.05, 0) is 0 Å². The highest BCUT2D eigenvalue weighted by Gasteiger charge is 2.44. The van der Waals surface area contributed by atoms with Crippen molar-refractivity contribution >= 4 is 0 Å². The summed E-state index contributed by atoms with van der Waals surface area (Å²) in [6, 6.07) is 0. The third-order valence-electron chi connectivity index (χ3n) is 2.81. The lowest BCUT2D eigenvalue weighted by Gasteiger charge is -2.35. The molecule has 1 saturated heterocycles. The van der Waals surface area contributed by atoms with Gasteiger partial charge in [0.15, 0.2) is 0 Å². The fourth-order valence-corrected chi connectivity index (χ4v) is 1.76. The first-order valence-corrected chi connectivity index (χ1v) is 5.33. The van der Waals surface area contributed by atoms with Crippen LogP contribution in [0.5, 0.6) is 0 Å². The molecular weight excluding hydrogens is 273 g/mol. The van der Waals surface area contributed by atoms with Gasteiger partial charge in [-0.2, -0.15) is 13.2 Å². The first kappa shape index (κ1) is 14.2. The van der Waals surface area contributed by atoms with E-state index in [1.807, 2.05) is 0 Å². The summed E-state index contributed by atoms with van der Waals surface area (Å²) in [7, 11) is 0. The molecule has 0 radical (unpaired) electrons. The van der Waals surface area contributed by atoms with E-state index in [2.05, 4.69) is 14.6 Å². The van der Waals surface area contributed by atoms with Crippen LogP contribution in [0.25, 0.3) is 0 Å². The normalized spacial score (nSPS) is 32.5. The van der Waals surface area contributed by atoms with Gasteiger partial charge < -0.3 is 24.5 Å². The van der Waals surface area contributed by atoms with E-state index in [0.717, 1.165) is 0 Å². The molecule has 4 atom stereocenters. The zero-order valence-electron chi connectivity index (χ0n) is 9.41. The molecule has 19 heavy (non-hydrogen) atoms. The molecule has 0 spiro atoms. The highest BCUT2D eigenvalue weighted by molar-refractivity contribution is 5.02. The van der Waals surface area contributed by atoms with E-state index in [0.29, 0.717) is 0 Å². The van der Waals surface area contributed by atoms with E-state index in [1.54, 1.807) is 0 Å². The van der Waals surface area contributed by atoms with E-state index in [9.17, 15) is 23.4 Å². The van der Waals surface area contributed by atoms with Gasteiger partial charge in [-0.25, -0.2) is 0 Å². The molecule has 2 heterocycles. The SMILES string of the molecule is OC[C@H]1OC[C@@H](c2nnc(C(F)(F)F)o2)[C@@H](O)[C@H]1O. The van der Waals surface area contributed by atoms with Crippen LogP contribution in [0.1, 0.15) is 17.7 Å². The summed E-state index contributed by atoms with van der Waals surface area (Å²) in [5.41, 5.74) is 0. The summed E-state index contributed by atoms with van der Waals surface area (Å²) >= 11 is 0. The Morgan fingerprint density at radius 3 is 2.42 bits per heavy atom. The van der Waals surface area contributed by atoms with E-state index < -0.39 is 48.8 Å². The van der Waals surface area contributed by atoms with Gasteiger partial charge in [0.05, 0.1) is 25.2 Å². The van der Waals surface area contributed by atoms with Crippen molar-refractivity contribution in [1.29, 1.82) is 0 Å². The number of nitrogens with zero attached hydrogens (tertiary/aromatic N) is 2. The average Bonchev–Trinajstić information content (AvgIpc) is 2.81. The molecule has 0 unspecified atom stereocenters. The number of alkyl halides is 3. The van der Waals surface area contributed by atoms with Crippen molar-refractivity contribution in [3.63, 3.8) is 0 Å². The molecule has 0 aromatic carbocycles. The molecule has 1 aromatic heterocycles. The second-order valence-corrected chi connectivity index (χ2v) is 4.09. The lowest BCUT2D eigenvalue weighted by Crippen LogP contribution is -2.50. The van der Waals surface area contributed by atoms with Crippen molar-refractivity contribution in [1.82, 2.24) is 10.2 Å². The molecule has 0 amide bonds. The smallest absolute Gasteiger partial charge is 0.417 e. The zero-order chi connectivity index (χ0) is 14.2. The minimum absolute atomic E-state index is 0.247. The van der Waals surface area contributed by atoms with Gasteiger partial charge in [0.2, 0.25) is 5.89 Å². The second-order valence-electron chi connectivity index (χ2n) is 4.09. The maximum Gasteiger partial charge on any atom is 0.470 e. The predicted octanol–water partition coefficient (Wildman–Crippen LogP) is -0.715. The topological polar surface area (TPSA) is 109 Å². The van der Waals surface area contributed by atoms with Gasteiger partial charge in [0, 0.05) is 0 Å². The van der Waals surface area contributed by atoms with Crippen molar-refractivity contribution < 1.29 is 37.6 Å². The number of aromatic nitrogens is 2. The number of rotatable bonds is 2. The fourth-order valence-electron chi connectivity index (χ4n) is 1.76. The molecule has 2 rings (SSSR count). The van der Waals surface area contributed by atoms with Crippen LogP contribution >= 0.6 is 0 Å². The average molecular weight is 284 g/mol. The highest BCUT2D eigenvalue weighted by Crippen LogP contribution is 2.32. The molecule has 7 nitrogen and oxygen atoms in total. The maximum absolute atomic E-state index is 12.3. The van der Waals surface area contributed by atoms with Gasteiger partial charge in [-0.15, -0.1) is 10.2 Å². The lowest BCUT2D eigenvalue weighted by atomic mass is 9.92. The molecule has 0 aliphatic carbocycles. The summed E-state index contributed by atoms with van der Waals surface area (Å²) in [6.07, 6.45) is -8.70. The van der Waals surface area contributed by atoms with E-state index in [-0.39, 0.29) is 6.61 Å². The van der Waals surface area contributed by atoms with Crippen molar-refractivity contribution in [3.05, 3.63) is 11.8 Å². The Morgan fingerprint density at radius 1 is 1.21 bits per heavy atom. The summed E-state index contributed by atoms with van der Waals surface area (Å²) in [5, 5.41) is 34.2. The number of aliphatic hydroxyl groups is 3. The molecule has 1 aliphatic rings. The molecule has 0 saturated carbocycles. The van der Waals surface area contributed by atoms with Gasteiger partial charge in [-0.1, -0.05) is 0 Å². The van der Waals surface area contributed by atoms with Crippen molar-refractivity contribution in [2.24, 2.45) is 0 Å². The van der Waals surface area contributed by atoms with Gasteiger partial charge >= 0.3 is 12.1 Å². The van der Waals surface area contributed by atoms with Gasteiger partial charge in [-0.3, -0.25) is 0 Å². The molecule has 1 aromatic rings. The van der Waals surface area contributed by atoms with Crippen molar-refractivity contribution in [3.8, 4) is 0 Å². The van der Waals surface area contributed by atoms with Crippen LogP contribution in [0.3, 0.4) is 0 Å². The summed E-state index contributed by atoms with van der Waals surface area (Å²) in [6.45, 7) is -0.772. The van der Waals surface area contributed by atoms with Crippen molar-refractivity contribution in [2.45, 2.75) is 30.4 Å². The predicted molar refractivity (Wildman–Crippen MR) is 50.9 cm³/mol. The Kier molecular flexibility index (Phi) is 3.76. The Bertz CT molecular complexity index is 438. The van der Waals surface area contributed by atoms with Crippen LogP contribution in [0.2, 0.25) is 0 Å². The summed E-state index contributed by atoms with van der Waals surface area (Å²) in [4.78, 5) is 0. The lowest BCUT2D eigenvalue weighted by molar-refractivity contribution is -0.166. The number of ether oxygens (including phenoxy) is 1. The van der Waals surface area contributed by atoms with Crippen LogP contribution in [0.4, 0.5) is 13.2 Å². The molecule has 0 bridgehead atoms. The largest absolute Gasteiger partial charge is 0.470 e. The summed E-state index contributed by atoms with van der Waals surface area (Å²) < 4.78 is 46.3. The Balaban J connectivity index is 2.16. The highest BCUT2D eigenvalue weighted by atomic mass is 19.4. The Morgan fingerprint density at radius 2 is 1.89 bits per heavy atom. The summed E-state index contributed by atoms with van der Waals surface area (Å²) in [5.74, 6) is -3.09. The van der Waals surface area contributed by atoms with Gasteiger partial charge in [0.25, 0.3) is 0 Å². The third kappa shape index (κ3) is 2.71. The molecular formula is C9H11F3N2O5. The van der Waals surface area contributed by atoms with Crippen LogP contribution in [0.15, 0.2) is 4.42 Å². The first-order chi connectivity index (χ1) is 8.84. The molecule has 108 valence electrons. The minimum Gasteiger partial charge on any atom is -0.417 e. The van der Waals surface area contributed by atoms with Gasteiger partial charge in [0.1, 0.15) is 12.2 Å². The Hall–Kier alpha value is -1.23. The van der Waals surface area contributed by atoms with Crippen LogP contribution < -0.4 is 0 Å². The van der Waals surface area contributed by atoms with Crippen molar-refractivity contribution in [2.75, 3.05) is 13.2 Å². The molecule has 3 N–H and O–H groups in total. The maximum atomic E-state index is 12.3. The first-order valence-electron chi connectivity index (χ1n) is 5.33. The number of hydrogen-bond acceptors (Lipinski definition) is 7. The van der Waals surface area contributed by atoms with E-state index >= 15 is 0 Å². The second kappa shape index (κ2) is 5.04. The standard InChI is InChI=1S/C9H11F3N2O5/c10-9(11,12)8-14-13-7(19-8)3-2-18-4(1-15)6(17)5(3)16/h3-6,15-17H,1-2H2/t3-,4-,5-,6+/m1/s1. The van der Waals surface area contributed by atoms with Crippen LogP contribution in [-0.2, 0) is 10.9 Å². The number of hydrogen-bond donors (Lipinski definition) is 3. The van der Waals surface area contributed by atoms with Crippen LogP contribution in [0, 0.1) is 0 Å². The minimum atomic E-state index is -4.78. The monoisotopic (exact) mass is 284 g/mol. The molecule has 1 fully saturated rings. The Labute approximate surface area is 104 Å². The fraction of sp³-hybridized carbons (Fsp3) is 0.778. The quantitative estimate of drug-likeness (QED) is 0.658. The van der Waals surface area contributed by atoms with E-state index in [4.69, 9.17) is 9.84 Å². The number of aliphatic hydroxyl groups excluding tert-OH is 3. The molecule has 1 aliphatic heterocycles.